The van der Waals surface area contributed by atoms with Gasteiger partial charge in [0, 0.05) is 112 Å². The number of nitrogens with zero attached hydrogens (tertiary/aromatic N) is 10. The Kier molecular flexibility index (Phi) is 12.0. The molecule has 2 aromatic carbocycles. The number of likely N-dealkylation sites (tertiary alicyclic amines) is 1. The Hall–Kier alpha value is -6.91. The fraction of sp³-hybridized carbons (Fsp3) is 0.364. The minimum atomic E-state index is -4.16. The van der Waals surface area contributed by atoms with Crippen LogP contribution in [0.5, 0.6) is 0 Å². The van der Waals surface area contributed by atoms with Gasteiger partial charge in [-0.2, -0.15) is 17.8 Å². The molecule has 3 aliphatic heterocycles. The van der Waals surface area contributed by atoms with E-state index in [9.17, 15) is 27.6 Å². The van der Waals surface area contributed by atoms with E-state index in [0.29, 0.717) is 67.2 Å². The predicted octanol–water partition coefficient (Wildman–Crippen LogP) is 4.00. The number of carbonyl (C=O) groups is 4. The van der Waals surface area contributed by atoms with Gasteiger partial charge >= 0.3 is 16.2 Å². The van der Waals surface area contributed by atoms with Crippen LogP contribution in [0.1, 0.15) is 53.6 Å². The van der Waals surface area contributed by atoms with E-state index in [-0.39, 0.29) is 42.3 Å². The van der Waals surface area contributed by atoms with Crippen molar-refractivity contribution in [2.24, 2.45) is 7.05 Å². The zero-order valence-electron chi connectivity index (χ0n) is 36.4. The number of pyridine rings is 1. The summed E-state index contributed by atoms with van der Waals surface area (Å²) in [6, 6.07) is 9.14. The number of piperazine rings is 1. The fourth-order valence-electron chi connectivity index (χ4n) is 8.69. The molecule has 0 atom stereocenters. The van der Waals surface area contributed by atoms with Crippen LogP contribution in [0.4, 0.5) is 31.0 Å². The molecule has 4 amide bonds. The van der Waals surface area contributed by atoms with Crippen molar-refractivity contribution in [3.63, 3.8) is 0 Å². The lowest BCUT2D eigenvalue weighted by Gasteiger charge is -2.37. The van der Waals surface area contributed by atoms with Gasteiger partial charge in [0.2, 0.25) is 23.5 Å². The second-order valence-electron chi connectivity index (χ2n) is 16.6. The lowest BCUT2D eigenvalue weighted by atomic mass is 9.89. The minimum absolute atomic E-state index is 0.0698. The summed E-state index contributed by atoms with van der Waals surface area (Å²) in [4.78, 5) is 75.3. The van der Waals surface area contributed by atoms with Gasteiger partial charge in [-0.3, -0.25) is 38.9 Å². The Balaban J connectivity index is 0.787. The monoisotopic (exact) mass is 923 g/mol. The maximum atomic E-state index is 15.6. The quantitative estimate of drug-likeness (QED) is 0.149. The summed E-state index contributed by atoms with van der Waals surface area (Å²) in [6.07, 6.45) is 8.11. The standard InChI is InChI=1S/C44H47F2N13O6S/c1-4-54(2)66(64,65)53-34-8-7-33(45)38(39(34)46)40(62)32-24-48-41-31(32)19-28(21-47-41)29-22-49-43(50-23-29)58-17-15-57(16-18-58)37(61)25-56-12-9-26(10-13-56)27-5-6-30-35(20-27)55(3)52-42(30)59-14-11-36(60)51-44(59)63/h5-8,19-24,26,53H,4,9-18,25H2,1-3H3,(H,47,48)(H,51,60,63). The normalized spacial score (nSPS) is 16.7. The van der Waals surface area contributed by atoms with Gasteiger partial charge in [0.1, 0.15) is 11.5 Å². The Morgan fingerprint density at radius 3 is 2.35 bits per heavy atom. The van der Waals surface area contributed by atoms with Crippen LogP contribution in [-0.4, -0.2) is 142 Å². The van der Waals surface area contributed by atoms with Crippen LogP contribution in [-0.2, 0) is 26.8 Å². The van der Waals surface area contributed by atoms with Crippen molar-refractivity contribution < 1.29 is 36.4 Å². The molecule has 3 saturated heterocycles. The Morgan fingerprint density at radius 2 is 1.64 bits per heavy atom. The Bertz CT molecular complexity index is 3000. The average Bonchev–Trinajstić information content (AvgIpc) is 3.90. The smallest absolute Gasteiger partial charge is 0.329 e. The number of piperidine rings is 1. The van der Waals surface area contributed by atoms with E-state index in [4.69, 9.17) is 0 Å². The number of amides is 4. The Morgan fingerprint density at radius 1 is 0.909 bits per heavy atom. The molecule has 0 radical (unpaired) electrons. The van der Waals surface area contributed by atoms with Gasteiger partial charge in [0.05, 0.1) is 23.3 Å². The molecule has 6 aromatic rings. The zero-order valence-corrected chi connectivity index (χ0v) is 37.2. The number of hydrogen-bond acceptors (Lipinski definition) is 12. The summed E-state index contributed by atoms with van der Waals surface area (Å²) in [5.74, 6) is -2.39. The van der Waals surface area contributed by atoms with Crippen molar-refractivity contribution in [1.82, 2.24) is 49.1 Å². The SMILES string of the molecule is CCN(C)S(=O)(=O)Nc1ccc(F)c(C(=O)c2c[nH]c3ncc(-c4cnc(N5CCN(C(=O)CN6CCC(c7ccc8c(N9CCC(=O)NC9=O)nn(C)c8c7)CC6)CC5)nc4)cc23)c1F. The summed E-state index contributed by atoms with van der Waals surface area (Å²) >= 11 is 0. The highest BCUT2D eigenvalue weighted by molar-refractivity contribution is 7.90. The second-order valence-corrected chi connectivity index (χ2v) is 18.4. The van der Waals surface area contributed by atoms with Crippen LogP contribution in [0.2, 0.25) is 0 Å². The van der Waals surface area contributed by atoms with Gasteiger partial charge in [-0.1, -0.05) is 13.0 Å². The van der Waals surface area contributed by atoms with Crippen LogP contribution in [0, 0.1) is 11.6 Å². The van der Waals surface area contributed by atoms with Crippen LogP contribution < -0.4 is 19.8 Å². The summed E-state index contributed by atoms with van der Waals surface area (Å²) in [5.41, 5.74) is 1.95. The van der Waals surface area contributed by atoms with Gasteiger partial charge in [0.15, 0.2) is 11.6 Å². The van der Waals surface area contributed by atoms with Gasteiger partial charge in [-0.25, -0.2) is 28.5 Å². The van der Waals surface area contributed by atoms with Crippen LogP contribution >= 0.6 is 0 Å². The molecular weight excluding hydrogens is 877 g/mol. The van der Waals surface area contributed by atoms with E-state index >= 15 is 8.78 Å². The van der Waals surface area contributed by atoms with Crippen molar-refractivity contribution in [1.29, 1.82) is 0 Å². The van der Waals surface area contributed by atoms with Gasteiger partial charge in [0.25, 0.3) is 0 Å². The number of aromatic amines is 1. The molecule has 4 aromatic heterocycles. The van der Waals surface area contributed by atoms with Crippen molar-refractivity contribution >= 4 is 73.2 Å². The number of fused-ring (bicyclic) bond motifs is 2. The number of H-pyrrole nitrogens is 1. The molecule has 19 nitrogen and oxygen atoms in total. The highest BCUT2D eigenvalue weighted by Gasteiger charge is 2.31. The topological polar surface area (TPSA) is 215 Å². The molecule has 7 heterocycles. The predicted molar refractivity (Wildman–Crippen MR) is 241 cm³/mol. The van der Waals surface area contributed by atoms with Crippen molar-refractivity contribution in [2.75, 3.05) is 80.5 Å². The first-order valence-electron chi connectivity index (χ1n) is 21.6. The van der Waals surface area contributed by atoms with Crippen LogP contribution in [0.25, 0.3) is 33.1 Å². The summed E-state index contributed by atoms with van der Waals surface area (Å²) in [6.45, 7) is 5.98. The molecule has 66 heavy (non-hydrogen) atoms. The number of benzene rings is 2. The van der Waals surface area contributed by atoms with Gasteiger partial charge < -0.3 is 14.8 Å². The summed E-state index contributed by atoms with van der Waals surface area (Å²) in [5, 5.41) is 8.10. The molecule has 0 spiro atoms. The maximum absolute atomic E-state index is 15.6. The largest absolute Gasteiger partial charge is 0.345 e. The molecular formula is C44H47F2N13O6S. The number of aromatic nitrogens is 6. The number of nitrogens with one attached hydrogen (secondary N) is 3. The van der Waals surface area contributed by atoms with E-state index in [1.54, 1.807) is 36.3 Å². The third-order valence-electron chi connectivity index (χ3n) is 12.7. The van der Waals surface area contributed by atoms with Gasteiger partial charge in [-0.05, 0) is 67.7 Å². The third kappa shape index (κ3) is 8.53. The third-order valence-corrected chi connectivity index (χ3v) is 14.2. The fourth-order valence-corrected chi connectivity index (χ4v) is 9.62. The summed E-state index contributed by atoms with van der Waals surface area (Å²) < 4.78 is 60.6. The van der Waals surface area contributed by atoms with Crippen LogP contribution in [0.15, 0.2) is 61.2 Å². The van der Waals surface area contributed by atoms with Crippen molar-refractivity contribution in [3.05, 3.63) is 89.5 Å². The molecule has 0 aliphatic carbocycles. The lowest BCUT2D eigenvalue weighted by molar-refractivity contribution is -0.133. The number of halogens is 2. The number of anilines is 3. The average molecular weight is 924 g/mol. The molecule has 0 saturated carbocycles. The van der Waals surface area contributed by atoms with E-state index in [1.165, 1.54) is 23.7 Å². The number of imide groups is 1. The molecule has 0 unspecified atom stereocenters. The zero-order chi connectivity index (χ0) is 46.4. The number of urea groups is 1. The van der Waals surface area contributed by atoms with E-state index in [2.05, 4.69) is 52.1 Å². The van der Waals surface area contributed by atoms with E-state index < -0.39 is 44.9 Å². The first-order chi connectivity index (χ1) is 31.7. The second kappa shape index (κ2) is 17.8. The van der Waals surface area contributed by atoms with Gasteiger partial charge in [-0.15, -0.1) is 0 Å². The molecule has 3 aliphatic rings. The lowest BCUT2D eigenvalue weighted by Crippen LogP contribution is -2.52. The number of carbonyl (C=O) groups excluding carboxylic acids is 4. The highest BCUT2D eigenvalue weighted by Crippen LogP contribution is 2.34. The number of rotatable bonds is 12. The minimum Gasteiger partial charge on any atom is -0.345 e. The number of hydrogen-bond donors (Lipinski definition) is 3. The number of aryl methyl sites for hydroxylation is 1. The maximum Gasteiger partial charge on any atom is 0.329 e. The summed E-state index contributed by atoms with van der Waals surface area (Å²) in [7, 11) is -1.02. The molecule has 3 fully saturated rings. The first kappa shape index (κ1) is 44.3. The van der Waals surface area contributed by atoms with Crippen LogP contribution in [0.3, 0.4) is 0 Å². The van der Waals surface area contributed by atoms with E-state index in [1.807, 2.05) is 22.9 Å². The molecule has 9 rings (SSSR count). The molecule has 0 bridgehead atoms. The first-order valence-corrected chi connectivity index (χ1v) is 23.0. The van der Waals surface area contributed by atoms with E-state index in [0.717, 1.165) is 53.3 Å². The van der Waals surface area contributed by atoms with Crippen molar-refractivity contribution in [3.8, 4) is 11.1 Å². The van der Waals surface area contributed by atoms with Crippen molar-refractivity contribution in [2.45, 2.75) is 32.1 Å². The Labute approximate surface area is 377 Å². The molecule has 344 valence electrons. The highest BCUT2D eigenvalue weighted by atomic mass is 32.2. The molecule has 3 N–H and O–H groups in total. The number of ketones is 1. The molecule has 22 heteroatoms.